The van der Waals surface area contributed by atoms with Gasteiger partial charge in [0, 0.05) is 30.4 Å². The number of β-amino-alcohol motifs (C(OH)–C–C–N with tert-alkyl or cyclic N) is 1. The van der Waals surface area contributed by atoms with Gasteiger partial charge >= 0.3 is 18.1 Å². The van der Waals surface area contributed by atoms with Crippen LogP contribution in [0.1, 0.15) is 42.3 Å². The number of aromatic carboxylic acids is 1. The van der Waals surface area contributed by atoms with E-state index in [1.165, 1.54) is 24.3 Å². The minimum Gasteiger partial charge on any atom is -0.507 e. The molecule has 4 aromatic rings. The standard InChI is InChI=1S/C27H30N4O6S.C2HF3O2/c1-27(2,11-12-31-17-28-22-14-21(26(34)35)24(32)15-23(22)31)29-16-25(33)18-7-6-8-19(13-18)30-38(36,37)20-9-4-3-5-10-20;3-2(4,5)1(6)7/h3-10,13-15,17,25,29-30,32-33H,11-12,16H2,1-2H3,(H,34,35);(H,6,7)/t25-;/m0./s1. The molecule has 0 radical (unpaired) electrons. The number of carbonyl (C=O) groups is 2. The van der Waals surface area contributed by atoms with Gasteiger partial charge in [0.15, 0.2) is 0 Å². The zero-order chi connectivity index (χ0) is 33.6. The van der Waals surface area contributed by atoms with Crippen LogP contribution in [-0.4, -0.2) is 68.6 Å². The second-order valence-corrected chi connectivity index (χ2v) is 12.2. The van der Waals surface area contributed by atoms with E-state index in [2.05, 4.69) is 15.0 Å². The van der Waals surface area contributed by atoms with Gasteiger partial charge in [-0.1, -0.05) is 30.3 Å². The molecule has 0 fully saturated rings. The number of aryl methyl sites for hydroxylation is 1. The Morgan fingerprint density at radius 1 is 1.00 bits per heavy atom. The zero-order valence-corrected chi connectivity index (χ0v) is 24.8. The number of aromatic nitrogens is 2. The van der Waals surface area contributed by atoms with Crippen molar-refractivity contribution in [3.63, 3.8) is 0 Å². The number of sulfonamides is 1. The van der Waals surface area contributed by atoms with Gasteiger partial charge in [0.25, 0.3) is 10.0 Å². The van der Waals surface area contributed by atoms with Gasteiger partial charge in [-0.3, -0.25) is 4.72 Å². The lowest BCUT2D eigenvalue weighted by Crippen LogP contribution is -2.42. The summed E-state index contributed by atoms with van der Waals surface area (Å²) in [7, 11) is -3.74. The van der Waals surface area contributed by atoms with Crippen LogP contribution in [0.25, 0.3) is 11.0 Å². The summed E-state index contributed by atoms with van der Waals surface area (Å²) in [6.07, 6.45) is -3.72. The maximum atomic E-state index is 12.6. The Balaban J connectivity index is 0.000000707. The van der Waals surface area contributed by atoms with E-state index in [0.29, 0.717) is 35.2 Å². The molecule has 6 N–H and O–H groups in total. The molecule has 0 bridgehead atoms. The lowest BCUT2D eigenvalue weighted by molar-refractivity contribution is -0.192. The van der Waals surface area contributed by atoms with E-state index in [0.717, 1.165) is 0 Å². The molecular weight excluding hydrogens is 621 g/mol. The lowest BCUT2D eigenvalue weighted by Gasteiger charge is -2.28. The van der Waals surface area contributed by atoms with E-state index in [1.807, 2.05) is 18.4 Å². The number of hydrogen-bond donors (Lipinski definition) is 6. The second kappa shape index (κ2) is 14.0. The summed E-state index contributed by atoms with van der Waals surface area (Å²) in [5.74, 6) is -4.30. The predicted molar refractivity (Wildman–Crippen MR) is 157 cm³/mol. The van der Waals surface area contributed by atoms with Gasteiger partial charge < -0.3 is 30.3 Å². The first kappa shape index (κ1) is 34.8. The van der Waals surface area contributed by atoms with Crippen LogP contribution in [0.15, 0.2) is 78.0 Å². The number of imidazole rings is 1. The Hall–Kier alpha value is -4.67. The quantitative estimate of drug-likeness (QED) is 0.136. The molecule has 0 amide bonds. The number of aliphatic hydroxyl groups is 1. The summed E-state index contributed by atoms with van der Waals surface area (Å²) in [5, 5.41) is 40.5. The van der Waals surface area contributed by atoms with E-state index in [1.54, 1.807) is 48.8 Å². The highest BCUT2D eigenvalue weighted by molar-refractivity contribution is 7.92. The average Bonchev–Trinajstić information content (AvgIpc) is 3.36. The molecule has 0 spiro atoms. The molecule has 12 nitrogen and oxygen atoms in total. The number of anilines is 1. The molecule has 0 saturated carbocycles. The third-order valence-electron chi connectivity index (χ3n) is 6.54. The molecule has 1 heterocycles. The van der Waals surface area contributed by atoms with E-state index in [-0.39, 0.29) is 22.8 Å². The van der Waals surface area contributed by atoms with Gasteiger partial charge in [0.1, 0.15) is 11.3 Å². The Morgan fingerprint density at radius 2 is 1.64 bits per heavy atom. The highest BCUT2D eigenvalue weighted by Crippen LogP contribution is 2.26. The molecular formula is C29H31F3N4O8S. The number of aliphatic hydroxyl groups excluding tert-OH is 1. The van der Waals surface area contributed by atoms with Gasteiger partial charge in [0.2, 0.25) is 0 Å². The fourth-order valence-electron chi connectivity index (χ4n) is 4.05. The van der Waals surface area contributed by atoms with Crippen LogP contribution in [0.5, 0.6) is 5.75 Å². The van der Waals surface area contributed by atoms with Crippen LogP contribution in [0, 0.1) is 0 Å². The number of nitrogens with one attached hydrogen (secondary N) is 2. The predicted octanol–water partition coefficient (Wildman–Crippen LogP) is 4.37. The number of aliphatic carboxylic acids is 1. The van der Waals surface area contributed by atoms with Gasteiger partial charge in [-0.2, -0.15) is 13.2 Å². The number of alkyl halides is 3. The summed E-state index contributed by atoms with van der Waals surface area (Å²) < 4.78 is 61.4. The third kappa shape index (κ3) is 9.66. The van der Waals surface area contributed by atoms with Crippen molar-refractivity contribution >= 4 is 38.7 Å². The summed E-state index contributed by atoms with van der Waals surface area (Å²) in [4.78, 5) is 24.5. The normalized spacial score (nSPS) is 12.7. The second-order valence-electron chi connectivity index (χ2n) is 10.5. The maximum Gasteiger partial charge on any atom is 0.490 e. The van der Waals surface area contributed by atoms with Crippen LogP contribution in [0.3, 0.4) is 0 Å². The smallest absolute Gasteiger partial charge is 0.490 e. The Kier molecular flexibility index (Phi) is 10.8. The van der Waals surface area contributed by atoms with E-state index in [9.17, 15) is 41.7 Å². The van der Waals surface area contributed by atoms with Crippen molar-refractivity contribution in [3.8, 4) is 5.75 Å². The van der Waals surface area contributed by atoms with Crippen molar-refractivity contribution in [2.45, 2.75) is 49.5 Å². The van der Waals surface area contributed by atoms with Crippen LogP contribution >= 0.6 is 0 Å². The topological polar surface area (TPSA) is 191 Å². The molecule has 4 rings (SSSR count). The largest absolute Gasteiger partial charge is 0.507 e. The molecule has 242 valence electrons. The molecule has 0 unspecified atom stereocenters. The Labute approximate surface area is 255 Å². The van der Waals surface area contributed by atoms with E-state index in [4.69, 9.17) is 9.90 Å². The fraction of sp³-hybridized carbons (Fsp3) is 0.276. The van der Waals surface area contributed by atoms with Crippen molar-refractivity contribution in [2.24, 2.45) is 0 Å². The van der Waals surface area contributed by atoms with Crippen molar-refractivity contribution in [1.82, 2.24) is 14.9 Å². The van der Waals surface area contributed by atoms with Gasteiger partial charge in [-0.15, -0.1) is 0 Å². The first-order chi connectivity index (χ1) is 20.9. The fourth-order valence-corrected chi connectivity index (χ4v) is 5.12. The molecule has 0 saturated heterocycles. The molecule has 1 aromatic heterocycles. The highest BCUT2D eigenvalue weighted by atomic mass is 32.2. The van der Waals surface area contributed by atoms with Crippen molar-refractivity contribution in [3.05, 3.63) is 84.2 Å². The van der Waals surface area contributed by atoms with Gasteiger partial charge in [0.05, 0.1) is 28.4 Å². The molecule has 0 aliphatic heterocycles. The summed E-state index contributed by atoms with van der Waals surface area (Å²) in [5.41, 5.74) is 1.42. The number of fused-ring (bicyclic) bond motifs is 1. The highest BCUT2D eigenvalue weighted by Gasteiger charge is 2.38. The molecule has 45 heavy (non-hydrogen) atoms. The number of carboxylic acids is 2. The number of nitrogens with zero attached hydrogens (tertiary/aromatic N) is 2. The Bertz CT molecular complexity index is 1760. The summed E-state index contributed by atoms with van der Waals surface area (Å²) in [6.45, 7) is 4.75. The van der Waals surface area contributed by atoms with Crippen molar-refractivity contribution < 1.29 is 51.6 Å². The van der Waals surface area contributed by atoms with Crippen LogP contribution in [-0.2, 0) is 21.4 Å². The summed E-state index contributed by atoms with van der Waals surface area (Å²) >= 11 is 0. The van der Waals surface area contributed by atoms with Crippen molar-refractivity contribution in [2.75, 3.05) is 11.3 Å². The minimum atomic E-state index is -5.08. The maximum absolute atomic E-state index is 12.6. The average molecular weight is 653 g/mol. The number of hydrogen-bond acceptors (Lipinski definition) is 8. The van der Waals surface area contributed by atoms with Gasteiger partial charge in [-0.25, -0.2) is 23.0 Å². The van der Waals surface area contributed by atoms with Crippen molar-refractivity contribution in [1.29, 1.82) is 0 Å². The minimum absolute atomic E-state index is 0.151. The van der Waals surface area contributed by atoms with Gasteiger partial charge in [-0.05, 0) is 56.2 Å². The van der Waals surface area contributed by atoms with Crippen LogP contribution < -0.4 is 10.0 Å². The summed E-state index contributed by atoms with van der Waals surface area (Å²) in [6, 6.07) is 17.4. The Morgan fingerprint density at radius 3 is 2.24 bits per heavy atom. The van der Waals surface area contributed by atoms with Crippen LogP contribution in [0.2, 0.25) is 0 Å². The molecule has 16 heteroatoms. The number of halogens is 3. The molecule has 0 aliphatic rings. The molecule has 3 aromatic carbocycles. The molecule has 1 atom stereocenters. The molecule has 0 aliphatic carbocycles. The SMILES string of the molecule is CC(C)(CCn1cnc2cc(C(=O)O)c(O)cc21)NC[C@H](O)c1cccc(NS(=O)(=O)c2ccccc2)c1.O=C(O)C(F)(F)F. The van der Waals surface area contributed by atoms with E-state index < -0.39 is 39.8 Å². The third-order valence-corrected chi connectivity index (χ3v) is 7.94. The number of carboxylic acid groups (broad SMARTS) is 2. The first-order valence-corrected chi connectivity index (χ1v) is 14.7. The number of aromatic hydroxyl groups is 1. The zero-order valence-electron chi connectivity index (χ0n) is 24.0. The first-order valence-electron chi connectivity index (χ1n) is 13.2. The van der Waals surface area contributed by atoms with E-state index >= 15 is 0 Å². The lowest BCUT2D eigenvalue weighted by atomic mass is 9.99. The number of benzene rings is 3. The number of phenols is 1. The monoisotopic (exact) mass is 652 g/mol. The number of rotatable bonds is 11. The van der Waals surface area contributed by atoms with Crippen LogP contribution in [0.4, 0.5) is 18.9 Å².